The zero-order valence-electron chi connectivity index (χ0n) is 17.3. The Bertz CT molecular complexity index is 1330. The van der Waals surface area contributed by atoms with E-state index in [0.717, 1.165) is 20.8 Å². The largest absolute Gasteiger partial charge is 0.368 e. The fourth-order valence-electron chi connectivity index (χ4n) is 3.15. The molecular weight excluding hydrogens is 474 g/mol. The number of nitrogens with zero attached hydrogens (tertiary/aromatic N) is 7. The van der Waals surface area contributed by atoms with Crippen LogP contribution in [0.25, 0.3) is 10.2 Å². The number of hydrogen-bond acceptors (Lipinski definition) is 11. The zero-order chi connectivity index (χ0) is 22.6. The number of aromatic nitrogens is 7. The summed E-state index contributed by atoms with van der Waals surface area (Å²) in [7, 11) is 0. The van der Waals surface area contributed by atoms with E-state index in [4.69, 9.17) is 16.5 Å². The van der Waals surface area contributed by atoms with Crippen LogP contribution in [0, 0.1) is 0 Å². The normalized spacial score (nSPS) is 11.3. The Morgan fingerprint density at radius 1 is 0.788 bits per heavy atom. The summed E-state index contributed by atoms with van der Waals surface area (Å²) in [6.45, 7) is 0.660. The molecule has 0 aliphatic heterocycles. The molecule has 33 heavy (non-hydrogen) atoms. The van der Waals surface area contributed by atoms with Gasteiger partial charge in [0.15, 0.2) is 9.50 Å². The second-order valence-corrected chi connectivity index (χ2v) is 10.2. The lowest BCUT2D eigenvalue weighted by Gasteiger charge is -2.10. The summed E-state index contributed by atoms with van der Waals surface area (Å²) >= 11 is 4.84. The molecule has 0 saturated carbocycles. The second-order valence-electron chi connectivity index (χ2n) is 6.96. The molecule has 12 heteroatoms. The van der Waals surface area contributed by atoms with Crippen molar-refractivity contribution in [3.05, 3.63) is 71.8 Å². The monoisotopic (exact) mass is 493 g/mol. The highest BCUT2D eigenvalue weighted by Gasteiger charge is 2.16. The lowest BCUT2D eigenvalue weighted by atomic mass is 10.2. The topological polar surface area (TPSA) is 134 Å². The summed E-state index contributed by atoms with van der Waals surface area (Å²) in [5, 5.41) is 9.69. The summed E-state index contributed by atoms with van der Waals surface area (Å²) in [5.74, 6) is 2.71. The highest BCUT2D eigenvalue weighted by atomic mass is 32.2. The van der Waals surface area contributed by atoms with Gasteiger partial charge in [-0.1, -0.05) is 66.0 Å². The van der Waals surface area contributed by atoms with Crippen molar-refractivity contribution >= 4 is 57.0 Å². The van der Waals surface area contributed by atoms with Gasteiger partial charge in [-0.2, -0.15) is 15.0 Å². The van der Waals surface area contributed by atoms with Crippen molar-refractivity contribution in [1.82, 2.24) is 34.7 Å². The molecule has 0 radical (unpaired) electrons. The van der Waals surface area contributed by atoms with Gasteiger partial charge in [-0.25, -0.2) is 4.98 Å². The van der Waals surface area contributed by atoms with Crippen LogP contribution in [0.3, 0.4) is 0 Å². The van der Waals surface area contributed by atoms with Gasteiger partial charge in [0.2, 0.25) is 11.9 Å². The van der Waals surface area contributed by atoms with Crippen molar-refractivity contribution in [1.29, 1.82) is 0 Å². The van der Waals surface area contributed by atoms with Gasteiger partial charge in [0, 0.05) is 0 Å². The van der Waals surface area contributed by atoms with Crippen molar-refractivity contribution in [2.45, 2.75) is 27.5 Å². The molecular formula is C21H19N9S3. The average Bonchev–Trinajstić information content (AvgIpc) is 3.40. The van der Waals surface area contributed by atoms with Gasteiger partial charge >= 0.3 is 0 Å². The SMILES string of the molecule is Nc1nc(N)nc(CSc2nnc(CSc3nc4ccccc4s3)n2Cc2ccccc2)n1. The number of fused-ring (bicyclic) bond motifs is 1. The van der Waals surface area contributed by atoms with Gasteiger partial charge in [-0.05, 0) is 17.7 Å². The fraction of sp³-hybridized carbons (Fsp3) is 0.143. The Morgan fingerprint density at radius 3 is 2.33 bits per heavy atom. The Hall–Kier alpha value is -3.22. The smallest absolute Gasteiger partial charge is 0.225 e. The lowest BCUT2D eigenvalue weighted by molar-refractivity contribution is 0.684. The molecule has 4 N–H and O–H groups in total. The Balaban J connectivity index is 1.37. The number of thioether (sulfide) groups is 2. The summed E-state index contributed by atoms with van der Waals surface area (Å²) in [5.41, 5.74) is 13.6. The lowest BCUT2D eigenvalue weighted by Crippen LogP contribution is -2.08. The van der Waals surface area contributed by atoms with Crippen LogP contribution in [0.15, 0.2) is 64.1 Å². The third-order valence-corrected chi connectivity index (χ3v) is 7.76. The minimum Gasteiger partial charge on any atom is -0.368 e. The molecule has 0 atom stereocenters. The molecule has 0 amide bonds. The molecule has 5 aromatic rings. The Morgan fingerprint density at radius 2 is 1.55 bits per heavy atom. The molecule has 5 rings (SSSR count). The summed E-state index contributed by atoms with van der Waals surface area (Å²) < 4.78 is 4.31. The number of anilines is 2. The predicted molar refractivity (Wildman–Crippen MR) is 133 cm³/mol. The number of rotatable bonds is 8. The number of benzene rings is 2. The number of nitrogens with two attached hydrogens (primary N) is 2. The standard InChI is InChI=1S/C21H19N9S3/c22-18-25-16(26-19(23)27-18)11-31-20-29-28-17(30(20)10-13-6-2-1-3-7-13)12-32-21-24-14-8-4-5-9-15(14)33-21/h1-9H,10-12H2,(H4,22,23,25,26,27). The fourth-order valence-corrected chi connectivity index (χ4v) is 5.97. The van der Waals surface area contributed by atoms with Crippen LogP contribution < -0.4 is 11.5 Å². The molecule has 166 valence electrons. The van der Waals surface area contributed by atoms with E-state index in [1.54, 1.807) is 23.1 Å². The van der Waals surface area contributed by atoms with Gasteiger partial charge in [0.1, 0.15) is 11.6 Å². The second kappa shape index (κ2) is 9.73. The van der Waals surface area contributed by atoms with Crippen LogP contribution in [0.2, 0.25) is 0 Å². The van der Waals surface area contributed by atoms with Gasteiger partial charge in [0.25, 0.3) is 0 Å². The highest BCUT2D eigenvalue weighted by molar-refractivity contribution is 8.00. The molecule has 3 aromatic heterocycles. The highest BCUT2D eigenvalue weighted by Crippen LogP contribution is 2.32. The van der Waals surface area contributed by atoms with Gasteiger partial charge in [-0.15, -0.1) is 21.5 Å². The minimum absolute atomic E-state index is 0.108. The zero-order valence-corrected chi connectivity index (χ0v) is 19.8. The van der Waals surface area contributed by atoms with E-state index in [0.29, 0.717) is 23.9 Å². The van der Waals surface area contributed by atoms with E-state index >= 15 is 0 Å². The number of hydrogen-bond donors (Lipinski definition) is 2. The predicted octanol–water partition coefficient (Wildman–Crippen LogP) is 3.87. The van der Waals surface area contributed by atoms with Crippen LogP contribution in [-0.4, -0.2) is 34.7 Å². The van der Waals surface area contributed by atoms with E-state index in [2.05, 4.69) is 47.9 Å². The number of thiazole rings is 1. The molecule has 0 saturated heterocycles. The maximum Gasteiger partial charge on any atom is 0.225 e. The summed E-state index contributed by atoms with van der Waals surface area (Å²) in [4.78, 5) is 16.8. The van der Waals surface area contributed by atoms with Crippen LogP contribution >= 0.6 is 34.9 Å². The van der Waals surface area contributed by atoms with E-state index in [1.165, 1.54) is 22.0 Å². The van der Waals surface area contributed by atoms with Crippen molar-refractivity contribution in [2.24, 2.45) is 0 Å². The molecule has 0 unspecified atom stereocenters. The number of nitrogen functional groups attached to an aromatic ring is 2. The van der Waals surface area contributed by atoms with Crippen LogP contribution in [0.5, 0.6) is 0 Å². The summed E-state index contributed by atoms with van der Waals surface area (Å²) in [6, 6.07) is 18.4. The molecule has 0 spiro atoms. The van der Waals surface area contributed by atoms with Crippen LogP contribution in [0.1, 0.15) is 17.2 Å². The van der Waals surface area contributed by atoms with E-state index in [1.807, 2.05) is 36.4 Å². The van der Waals surface area contributed by atoms with E-state index in [9.17, 15) is 0 Å². The maximum atomic E-state index is 5.69. The number of para-hydroxylation sites is 1. The third-order valence-electron chi connectivity index (χ3n) is 4.62. The van der Waals surface area contributed by atoms with Crippen LogP contribution in [-0.2, 0) is 18.1 Å². The van der Waals surface area contributed by atoms with Gasteiger partial charge in [-0.3, -0.25) is 0 Å². The molecule has 3 heterocycles. The van der Waals surface area contributed by atoms with Gasteiger partial charge in [0.05, 0.1) is 28.3 Å². The molecule has 9 nitrogen and oxygen atoms in total. The molecule has 0 fully saturated rings. The molecule has 0 aliphatic carbocycles. The molecule has 2 aromatic carbocycles. The first kappa shape index (κ1) is 21.6. The molecule has 0 aliphatic rings. The van der Waals surface area contributed by atoms with Crippen molar-refractivity contribution in [2.75, 3.05) is 11.5 Å². The van der Waals surface area contributed by atoms with E-state index in [-0.39, 0.29) is 11.9 Å². The Kier molecular flexibility index (Phi) is 6.37. The molecule has 0 bridgehead atoms. The van der Waals surface area contributed by atoms with Crippen molar-refractivity contribution < 1.29 is 0 Å². The maximum absolute atomic E-state index is 5.69. The Labute approximate surface area is 202 Å². The quantitative estimate of drug-likeness (QED) is 0.307. The first-order valence-electron chi connectivity index (χ1n) is 9.97. The van der Waals surface area contributed by atoms with E-state index < -0.39 is 0 Å². The van der Waals surface area contributed by atoms with Gasteiger partial charge < -0.3 is 16.0 Å². The first-order valence-corrected chi connectivity index (χ1v) is 12.8. The third kappa shape index (κ3) is 5.24. The van der Waals surface area contributed by atoms with Crippen molar-refractivity contribution in [3.8, 4) is 0 Å². The average molecular weight is 494 g/mol. The van der Waals surface area contributed by atoms with Crippen molar-refractivity contribution in [3.63, 3.8) is 0 Å². The van der Waals surface area contributed by atoms with Crippen LogP contribution in [0.4, 0.5) is 11.9 Å². The first-order chi connectivity index (χ1) is 16.1. The minimum atomic E-state index is 0.108. The summed E-state index contributed by atoms with van der Waals surface area (Å²) in [6.07, 6.45) is 0.